The van der Waals surface area contributed by atoms with Crippen LogP contribution in [-0.4, -0.2) is 42.5 Å². The first-order valence-corrected chi connectivity index (χ1v) is 8.94. The van der Waals surface area contributed by atoms with E-state index in [1.165, 1.54) is 10.9 Å². The molecule has 0 spiro atoms. The highest BCUT2D eigenvalue weighted by Crippen LogP contribution is 2.31. The number of aromatic nitrogens is 5. The molecule has 2 aliphatic rings. The SMILES string of the molecule is O=C(C1CCCCn2nnnc21)N1CCc2c([nH]c3ccccc23)C1. The number of fused-ring (bicyclic) bond motifs is 4. The van der Waals surface area contributed by atoms with E-state index in [9.17, 15) is 4.79 Å². The summed E-state index contributed by atoms with van der Waals surface area (Å²) in [7, 11) is 0. The minimum Gasteiger partial charge on any atom is -0.357 e. The van der Waals surface area contributed by atoms with E-state index in [0.717, 1.165) is 55.8 Å². The number of aromatic amines is 1. The average Bonchev–Trinajstić information content (AvgIpc) is 3.20. The highest BCUT2D eigenvalue weighted by molar-refractivity contribution is 5.87. The van der Waals surface area contributed by atoms with E-state index in [2.05, 4.69) is 38.7 Å². The van der Waals surface area contributed by atoms with Crippen LogP contribution < -0.4 is 0 Å². The van der Waals surface area contributed by atoms with Gasteiger partial charge in [-0.15, -0.1) is 5.10 Å². The lowest BCUT2D eigenvalue weighted by atomic mass is 9.98. The second kappa shape index (κ2) is 5.68. The largest absolute Gasteiger partial charge is 0.357 e. The quantitative estimate of drug-likeness (QED) is 0.737. The molecule has 5 rings (SSSR count). The van der Waals surface area contributed by atoms with Gasteiger partial charge >= 0.3 is 0 Å². The van der Waals surface area contributed by atoms with Crippen LogP contribution in [0.5, 0.6) is 0 Å². The van der Waals surface area contributed by atoms with Crippen molar-refractivity contribution in [2.75, 3.05) is 6.54 Å². The molecule has 1 unspecified atom stereocenters. The Morgan fingerprint density at radius 1 is 1.20 bits per heavy atom. The second-order valence-corrected chi connectivity index (χ2v) is 6.95. The third-order valence-corrected chi connectivity index (χ3v) is 5.48. The lowest BCUT2D eigenvalue weighted by Crippen LogP contribution is -2.39. The number of rotatable bonds is 1. The maximum Gasteiger partial charge on any atom is 0.233 e. The lowest BCUT2D eigenvalue weighted by Gasteiger charge is -2.29. The van der Waals surface area contributed by atoms with Crippen LogP contribution in [-0.2, 0) is 24.3 Å². The zero-order valence-electron chi connectivity index (χ0n) is 14.0. The van der Waals surface area contributed by atoms with Gasteiger partial charge in [-0.1, -0.05) is 24.6 Å². The van der Waals surface area contributed by atoms with E-state index >= 15 is 0 Å². The fraction of sp³-hybridized carbons (Fsp3) is 0.444. The first kappa shape index (κ1) is 14.6. The van der Waals surface area contributed by atoms with Gasteiger partial charge in [0.05, 0.1) is 12.5 Å². The Labute approximate surface area is 145 Å². The molecule has 4 heterocycles. The number of tetrazole rings is 1. The maximum atomic E-state index is 13.2. The van der Waals surface area contributed by atoms with E-state index in [1.807, 2.05) is 11.0 Å². The summed E-state index contributed by atoms with van der Waals surface area (Å²) in [6.45, 7) is 2.20. The van der Waals surface area contributed by atoms with Gasteiger partial charge in [0.25, 0.3) is 0 Å². The summed E-state index contributed by atoms with van der Waals surface area (Å²) < 4.78 is 1.80. The molecular weight excluding hydrogens is 316 g/mol. The van der Waals surface area contributed by atoms with Crippen LogP contribution in [0.25, 0.3) is 10.9 Å². The standard InChI is InChI=1S/C18H20N6O/c25-18(14-6-3-4-9-24-17(14)20-21-22-24)23-10-8-13-12-5-1-2-7-15(12)19-16(13)11-23/h1-2,5,7,14,19H,3-4,6,8-11H2. The number of nitrogens with one attached hydrogen (secondary N) is 1. The zero-order valence-corrected chi connectivity index (χ0v) is 14.0. The van der Waals surface area contributed by atoms with Crippen LogP contribution >= 0.6 is 0 Å². The van der Waals surface area contributed by atoms with Gasteiger partial charge in [0.15, 0.2) is 5.82 Å². The molecule has 1 N–H and O–H groups in total. The molecule has 0 aliphatic carbocycles. The van der Waals surface area contributed by atoms with Gasteiger partial charge in [0.2, 0.25) is 5.91 Å². The Kier molecular flexibility index (Phi) is 3.33. The number of benzene rings is 1. The smallest absolute Gasteiger partial charge is 0.233 e. The molecule has 128 valence electrons. The maximum absolute atomic E-state index is 13.2. The van der Waals surface area contributed by atoms with Gasteiger partial charge in [-0.25, -0.2) is 4.68 Å². The van der Waals surface area contributed by atoms with Crippen molar-refractivity contribution < 1.29 is 4.79 Å². The molecule has 0 saturated heterocycles. The van der Waals surface area contributed by atoms with Crippen molar-refractivity contribution in [2.45, 2.75) is 44.7 Å². The third kappa shape index (κ3) is 2.33. The van der Waals surface area contributed by atoms with Gasteiger partial charge in [0.1, 0.15) is 0 Å². The van der Waals surface area contributed by atoms with E-state index in [4.69, 9.17) is 0 Å². The van der Waals surface area contributed by atoms with Crippen LogP contribution in [0.2, 0.25) is 0 Å². The number of aryl methyl sites for hydroxylation is 1. The highest BCUT2D eigenvalue weighted by atomic mass is 16.2. The minimum atomic E-state index is -0.219. The third-order valence-electron chi connectivity index (χ3n) is 5.48. The first-order chi connectivity index (χ1) is 12.3. The molecule has 25 heavy (non-hydrogen) atoms. The molecule has 7 nitrogen and oxygen atoms in total. The van der Waals surface area contributed by atoms with Crippen molar-refractivity contribution in [1.82, 2.24) is 30.1 Å². The molecule has 2 aliphatic heterocycles. The number of hydrogen-bond donors (Lipinski definition) is 1. The molecule has 0 radical (unpaired) electrons. The fourth-order valence-corrected chi connectivity index (χ4v) is 4.19. The molecule has 0 saturated carbocycles. The monoisotopic (exact) mass is 336 g/mol. The normalized spacial score (nSPS) is 20.2. The summed E-state index contributed by atoms with van der Waals surface area (Å²) in [5, 5.41) is 13.2. The van der Waals surface area contributed by atoms with Gasteiger partial charge in [-0.2, -0.15) is 0 Å². The Morgan fingerprint density at radius 3 is 3.08 bits per heavy atom. The van der Waals surface area contributed by atoms with Gasteiger partial charge in [0, 0.05) is 29.7 Å². The summed E-state index contributed by atoms with van der Waals surface area (Å²) in [6.07, 6.45) is 3.76. The van der Waals surface area contributed by atoms with Gasteiger partial charge in [-0.05, 0) is 41.3 Å². The van der Waals surface area contributed by atoms with Crippen molar-refractivity contribution in [1.29, 1.82) is 0 Å². The van der Waals surface area contributed by atoms with Crippen molar-refractivity contribution in [2.24, 2.45) is 0 Å². The number of amides is 1. The Bertz CT molecular complexity index is 942. The molecule has 2 aromatic heterocycles. The molecule has 1 atom stereocenters. The molecule has 0 fully saturated rings. The summed E-state index contributed by atoms with van der Waals surface area (Å²) in [4.78, 5) is 18.7. The molecule has 3 aromatic rings. The van der Waals surface area contributed by atoms with E-state index in [-0.39, 0.29) is 11.8 Å². The van der Waals surface area contributed by atoms with Crippen molar-refractivity contribution in [3.05, 3.63) is 41.3 Å². The molecule has 1 amide bonds. The molecule has 7 heteroatoms. The molecular formula is C18H20N6O. The fourth-order valence-electron chi connectivity index (χ4n) is 4.19. The summed E-state index contributed by atoms with van der Waals surface area (Å²) in [6, 6.07) is 8.36. The number of carbonyl (C=O) groups excluding carboxylic acids is 1. The topological polar surface area (TPSA) is 79.7 Å². The molecule has 0 bridgehead atoms. The van der Waals surface area contributed by atoms with Crippen molar-refractivity contribution in [3.8, 4) is 0 Å². The zero-order chi connectivity index (χ0) is 16.8. The van der Waals surface area contributed by atoms with Crippen LogP contribution in [0.3, 0.4) is 0 Å². The summed E-state index contributed by atoms with van der Waals surface area (Å²) >= 11 is 0. The molecule has 1 aromatic carbocycles. The predicted molar refractivity (Wildman–Crippen MR) is 91.8 cm³/mol. The van der Waals surface area contributed by atoms with E-state index in [1.54, 1.807) is 4.68 Å². The Morgan fingerprint density at radius 2 is 2.12 bits per heavy atom. The van der Waals surface area contributed by atoms with Gasteiger partial charge < -0.3 is 9.88 Å². The summed E-state index contributed by atoms with van der Waals surface area (Å²) in [5.41, 5.74) is 3.67. The van der Waals surface area contributed by atoms with Gasteiger partial charge in [-0.3, -0.25) is 4.79 Å². The van der Waals surface area contributed by atoms with Crippen molar-refractivity contribution in [3.63, 3.8) is 0 Å². The number of H-pyrrole nitrogens is 1. The number of hydrogen-bond acceptors (Lipinski definition) is 4. The second-order valence-electron chi connectivity index (χ2n) is 6.95. The van der Waals surface area contributed by atoms with Crippen LogP contribution in [0.1, 0.15) is 42.3 Å². The lowest BCUT2D eigenvalue weighted by molar-refractivity contribution is -0.134. The van der Waals surface area contributed by atoms with Crippen LogP contribution in [0, 0.1) is 0 Å². The minimum absolute atomic E-state index is 0.155. The number of para-hydroxylation sites is 1. The van der Waals surface area contributed by atoms with E-state index in [0.29, 0.717) is 6.54 Å². The van der Waals surface area contributed by atoms with Crippen molar-refractivity contribution >= 4 is 16.8 Å². The summed E-state index contributed by atoms with van der Waals surface area (Å²) in [5.74, 6) is 0.663. The van der Waals surface area contributed by atoms with Crippen LogP contribution in [0.15, 0.2) is 24.3 Å². The predicted octanol–water partition coefficient (Wildman–Crippen LogP) is 2.01. The Balaban J connectivity index is 1.44. The van der Waals surface area contributed by atoms with E-state index < -0.39 is 0 Å². The first-order valence-electron chi connectivity index (χ1n) is 8.94. The number of nitrogens with zero attached hydrogens (tertiary/aromatic N) is 5. The highest BCUT2D eigenvalue weighted by Gasteiger charge is 2.33. The average molecular weight is 336 g/mol. The Hall–Kier alpha value is -2.70. The number of carbonyl (C=O) groups is 1. The van der Waals surface area contributed by atoms with Crippen LogP contribution in [0.4, 0.5) is 0 Å².